The Kier molecular flexibility index (Phi) is 5.18. The molecule has 0 aromatic carbocycles. The first-order valence-corrected chi connectivity index (χ1v) is 8.64. The van der Waals surface area contributed by atoms with Gasteiger partial charge >= 0.3 is 0 Å². The van der Waals surface area contributed by atoms with Crippen molar-refractivity contribution < 1.29 is 14.3 Å². The number of hydrogen-bond acceptors (Lipinski definition) is 5. The number of carbonyl (C=O) groups is 1. The van der Waals surface area contributed by atoms with E-state index in [-0.39, 0.29) is 12.5 Å². The summed E-state index contributed by atoms with van der Waals surface area (Å²) in [4.78, 5) is 24.4. The maximum atomic E-state index is 13.1. The Morgan fingerprint density at radius 3 is 2.88 bits per heavy atom. The zero-order valence-corrected chi connectivity index (χ0v) is 15.0. The molecule has 7 heteroatoms. The molecule has 0 spiro atoms. The quantitative estimate of drug-likeness (QED) is 0.906. The average Bonchev–Trinajstić information content (AvgIpc) is 2.61. The summed E-state index contributed by atoms with van der Waals surface area (Å²) in [5.74, 6) is 0.00927. The minimum absolute atomic E-state index is 0.194. The van der Waals surface area contributed by atoms with Gasteiger partial charge in [0, 0.05) is 25.8 Å². The second kappa shape index (κ2) is 7.37. The molecule has 1 amide bonds. The number of anilines is 1. The third-order valence-corrected chi connectivity index (χ3v) is 4.58. The number of pyridine rings is 2. The van der Waals surface area contributed by atoms with Gasteiger partial charge in [-0.3, -0.25) is 4.79 Å². The molecule has 138 valence electrons. The standard InChI is InChI=1S/C19H23FN4O2/c1-14-5-3-6-16(22-14)18(25)23(2)12-19(26)9-4-10-24(13-19)17-8-7-15(20)11-21-17/h3,5-8,11,26H,4,9-10,12-13H2,1-2H3/t19-/m0/s1. The monoisotopic (exact) mass is 358 g/mol. The van der Waals surface area contributed by atoms with Crippen LogP contribution in [0.5, 0.6) is 0 Å². The van der Waals surface area contributed by atoms with E-state index in [0.29, 0.717) is 24.5 Å². The van der Waals surface area contributed by atoms with E-state index in [2.05, 4.69) is 9.97 Å². The van der Waals surface area contributed by atoms with Crippen LogP contribution in [-0.4, -0.2) is 58.2 Å². The molecule has 3 heterocycles. The van der Waals surface area contributed by atoms with Gasteiger partial charge in [0.2, 0.25) is 0 Å². The molecule has 1 fully saturated rings. The maximum Gasteiger partial charge on any atom is 0.272 e. The van der Waals surface area contributed by atoms with Crippen LogP contribution in [0.15, 0.2) is 36.5 Å². The van der Waals surface area contributed by atoms with E-state index in [1.54, 1.807) is 25.2 Å². The van der Waals surface area contributed by atoms with Gasteiger partial charge < -0.3 is 14.9 Å². The van der Waals surface area contributed by atoms with E-state index in [0.717, 1.165) is 18.7 Å². The molecule has 1 N–H and O–H groups in total. The molecule has 3 rings (SSSR count). The Balaban J connectivity index is 1.69. The third kappa shape index (κ3) is 4.16. The van der Waals surface area contributed by atoms with Crippen molar-refractivity contribution in [3.63, 3.8) is 0 Å². The number of hydrogen-bond donors (Lipinski definition) is 1. The number of piperidine rings is 1. The minimum Gasteiger partial charge on any atom is -0.386 e. The smallest absolute Gasteiger partial charge is 0.272 e. The fourth-order valence-corrected chi connectivity index (χ4v) is 3.36. The molecule has 26 heavy (non-hydrogen) atoms. The van der Waals surface area contributed by atoms with E-state index in [1.807, 2.05) is 17.9 Å². The molecule has 6 nitrogen and oxygen atoms in total. The van der Waals surface area contributed by atoms with Crippen LogP contribution in [0.4, 0.5) is 10.2 Å². The number of rotatable bonds is 4. The van der Waals surface area contributed by atoms with Gasteiger partial charge in [-0.2, -0.15) is 0 Å². The Morgan fingerprint density at radius 1 is 1.38 bits per heavy atom. The lowest BCUT2D eigenvalue weighted by Gasteiger charge is -2.41. The van der Waals surface area contributed by atoms with Gasteiger partial charge in [0.25, 0.3) is 5.91 Å². The van der Waals surface area contributed by atoms with Crippen LogP contribution in [0.1, 0.15) is 29.0 Å². The summed E-state index contributed by atoms with van der Waals surface area (Å²) in [5, 5.41) is 11.0. The molecular formula is C19H23FN4O2. The lowest BCUT2D eigenvalue weighted by Crippen LogP contribution is -2.55. The van der Waals surface area contributed by atoms with Crippen LogP contribution in [0.3, 0.4) is 0 Å². The number of amides is 1. The molecule has 0 aliphatic carbocycles. The summed E-state index contributed by atoms with van der Waals surface area (Å²) >= 11 is 0. The van der Waals surface area contributed by atoms with Crippen molar-refractivity contribution in [2.24, 2.45) is 0 Å². The summed E-state index contributed by atoms with van der Waals surface area (Å²) in [6.45, 7) is 3.10. The van der Waals surface area contributed by atoms with Crippen molar-refractivity contribution >= 4 is 11.7 Å². The van der Waals surface area contributed by atoms with Gasteiger partial charge in [-0.25, -0.2) is 14.4 Å². The van der Waals surface area contributed by atoms with Crippen molar-refractivity contribution in [3.8, 4) is 0 Å². The molecule has 0 bridgehead atoms. The van der Waals surface area contributed by atoms with Gasteiger partial charge in [-0.05, 0) is 44.0 Å². The number of aliphatic hydroxyl groups is 1. The van der Waals surface area contributed by atoms with Crippen LogP contribution in [0, 0.1) is 12.7 Å². The molecule has 1 saturated heterocycles. The van der Waals surface area contributed by atoms with Crippen molar-refractivity contribution in [1.82, 2.24) is 14.9 Å². The van der Waals surface area contributed by atoms with E-state index in [9.17, 15) is 14.3 Å². The van der Waals surface area contributed by atoms with E-state index in [1.165, 1.54) is 17.2 Å². The molecule has 1 aliphatic rings. The fourth-order valence-electron chi connectivity index (χ4n) is 3.36. The number of nitrogens with zero attached hydrogens (tertiary/aromatic N) is 4. The van der Waals surface area contributed by atoms with Crippen LogP contribution < -0.4 is 4.90 Å². The normalized spacial score (nSPS) is 20.1. The summed E-state index contributed by atoms with van der Waals surface area (Å²) < 4.78 is 13.1. The second-order valence-corrected chi connectivity index (χ2v) is 6.91. The highest BCUT2D eigenvalue weighted by molar-refractivity contribution is 5.92. The van der Waals surface area contributed by atoms with Gasteiger partial charge in [0.1, 0.15) is 17.3 Å². The van der Waals surface area contributed by atoms with Crippen molar-refractivity contribution in [1.29, 1.82) is 0 Å². The SMILES string of the molecule is Cc1cccc(C(=O)N(C)C[C@@]2(O)CCCN(c3ccc(F)cn3)C2)n1. The van der Waals surface area contributed by atoms with Gasteiger partial charge in [0.05, 0.1) is 18.3 Å². The van der Waals surface area contributed by atoms with Crippen LogP contribution >= 0.6 is 0 Å². The lowest BCUT2D eigenvalue weighted by atomic mass is 9.92. The third-order valence-electron chi connectivity index (χ3n) is 4.58. The van der Waals surface area contributed by atoms with Gasteiger partial charge in [0.15, 0.2) is 0 Å². The summed E-state index contributed by atoms with van der Waals surface area (Å²) in [6.07, 6.45) is 2.52. The highest BCUT2D eigenvalue weighted by Crippen LogP contribution is 2.26. The molecule has 2 aromatic heterocycles. The number of aromatic nitrogens is 2. The Hall–Kier alpha value is -2.54. The van der Waals surface area contributed by atoms with E-state index in [4.69, 9.17) is 0 Å². The number of likely N-dealkylation sites (N-methyl/N-ethyl adjacent to an activating group) is 1. The second-order valence-electron chi connectivity index (χ2n) is 6.91. The first-order valence-electron chi connectivity index (χ1n) is 8.64. The summed E-state index contributed by atoms with van der Waals surface area (Å²) in [6, 6.07) is 8.26. The van der Waals surface area contributed by atoms with Crippen LogP contribution in [0.25, 0.3) is 0 Å². The molecular weight excluding hydrogens is 335 g/mol. The van der Waals surface area contributed by atoms with Crippen LogP contribution in [0.2, 0.25) is 0 Å². The zero-order valence-electron chi connectivity index (χ0n) is 15.0. The first-order chi connectivity index (χ1) is 12.4. The largest absolute Gasteiger partial charge is 0.386 e. The number of β-amino-alcohol motifs (C(OH)–C–C–N with tert-alkyl or cyclic N) is 1. The fraction of sp³-hybridized carbons (Fsp3) is 0.421. The Morgan fingerprint density at radius 2 is 2.19 bits per heavy atom. The molecule has 1 aliphatic heterocycles. The molecule has 0 saturated carbocycles. The Labute approximate surface area is 152 Å². The maximum absolute atomic E-state index is 13.1. The van der Waals surface area contributed by atoms with E-state index < -0.39 is 11.4 Å². The molecule has 1 atom stereocenters. The van der Waals surface area contributed by atoms with Gasteiger partial charge in [-0.1, -0.05) is 6.07 Å². The van der Waals surface area contributed by atoms with Crippen molar-refractivity contribution in [2.45, 2.75) is 25.4 Å². The number of aryl methyl sites for hydroxylation is 1. The summed E-state index contributed by atoms with van der Waals surface area (Å²) in [7, 11) is 1.67. The Bertz CT molecular complexity index is 783. The van der Waals surface area contributed by atoms with Crippen molar-refractivity contribution in [2.75, 3.05) is 31.6 Å². The van der Waals surface area contributed by atoms with Gasteiger partial charge in [-0.15, -0.1) is 0 Å². The number of halogens is 1. The topological polar surface area (TPSA) is 69.6 Å². The zero-order chi connectivity index (χ0) is 18.7. The van der Waals surface area contributed by atoms with E-state index >= 15 is 0 Å². The summed E-state index contributed by atoms with van der Waals surface area (Å²) in [5.41, 5.74) is 0.0842. The predicted octanol–water partition coefficient (Wildman–Crippen LogP) is 2.03. The lowest BCUT2D eigenvalue weighted by molar-refractivity contribution is -0.000282. The van der Waals surface area contributed by atoms with Crippen LogP contribution in [-0.2, 0) is 0 Å². The predicted molar refractivity (Wildman–Crippen MR) is 96.5 cm³/mol. The highest BCUT2D eigenvalue weighted by atomic mass is 19.1. The molecule has 0 unspecified atom stereocenters. The van der Waals surface area contributed by atoms with Crippen molar-refractivity contribution in [3.05, 3.63) is 53.7 Å². The highest BCUT2D eigenvalue weighted by Gasteiger charge is 2.36. The molecule has 2 aromatic rings. The number of carbonyl (C=O) groups excluding carboxylic acids is 1. The first kappa shape index (κ1) is 18.3. The average molecular weight is 358 g/mol. The minimum atomic E-state index is -1.05. The molecule has 0 radical (unpaired) electrons.